The topological polar surface area (TPSA) is 74.2 Å². The summed E-state index contributed by atoms with van der Waals surface area (Å²) in [6, 6.07) is 0.610. The zero-order valence-corrected chi connectivity index (χ0v) is 20.0. The molecule has 0 saturated carbocycles. The van der Waals surface area contributed by atoms with Crippen molar-refractivity contribution in [2.24, 2.45) is 0 Å². The lowest BCUT2D eigenvalue weighted by atomic mass is 10.3. The van der Waals surface area contributed by atoms with Gasteiger partial charge in [0.2, 0.25) is 14.6 Å². The molecule has 2 unspecified atom stereocenters. The van der Waals surface area contributed by atoms with E-state index in [1.54, 1.807) is 13.8 Å². The Balaban J connectivity index is 4.70. The van der Waals surface area contributed by atoms with Crippen molar-refractivity contribution in [3.63, 3.8) is 0 Å². The first kappa shape index (κ1) is 24.7. The molecule has 0 heterocycles. The molecule has 0 bridgehead atoms. The third kappa shape index (κ3) is 11.1. The lowest BCUT2D eigenvalue weighted by Crippen LogP contribution is -2.50. The number of hydrogen-bond donors (Lipinski definition) is 1. The molecule has 9 heteroatoms. The number of esters is 1. The highest BCUT2D eigenvalue weighted by molar-refractivity contribution is 6.82. The third-order valence-corrected chi connectivity index (χ3v) is 12.3. The van der Waals surface area contributed by atoms with Crippen LogP contribution in [-0.2, 0) is 22.5 Å². The predicted molar refractivity (Wildman–Crippen MR) is 106 cm³/mol. The Morgan fingerprint density at radius 3 is 2.16 bits per heavy atom. The van der Waals surface area contributed by atoms with Gasteiger partial charge in [0.05, 0.1) is 12.3 Å². The number of ether oxygens (including phenoxy) is 2. The zero-order chi connectivity index (χ0) is 19.8. The Morgan fingerprint density at radius 2 is 1.76 bits per heavy atom. The third-order valence-electron chi connectivity index (χ3n) is 3.33. The Bertz CT molecular complexity index is 434. The summed E-state index contributed by atoms with van der Waals surface area (Å²) in [6.07, 6.45) is -0.0357. The Morgan fingerprint density at radius 1 is 1.20 bits per heavy atom. The highest BCUT2D eigenvalue weighted by Crippen LogP contribution is 2.18. The van der Waals surface area contributed by atoms with E-state index in [2.05, 4.69) is 26.2 Å². The van der Waals surface area contributed by atoms with Gasteiger partial charge < -0.3 is 22.8 Å². The van der Waals surface area contributed by atoms with E-state index in [0.29, 0.717) is 24.6 Å². The van der Waals surface area contributed by atoms with Crippen LogP contribution >= 0.6 is 0 Å². The van der Waals surface area contributed by atoms with Gasteiger partial charge in [0.25, 0.3) is 0 Å². The van der Waals surface area contributed by atoms with Gasteiger partial charge in [-0.15, -0.1) is 0 Å². The van der Waals surface area contributed by atoms with E-state index in [0.717, 1.165) is 0 Å². The van der Waals surface area contributed by atoms with Gasteiger partial charge in [0.15, 0.2) is 8.32 Å². The normalized spacial score (nSPS) is 15.1. The first-order chi connectivity index (χ1) is 11.3. The molecule has 0 aliphatic heterocycles. The maximum atomic E-state index is 11.6. The molecule has 0 aromatic carbocycles. The number of carbonyl (C=O) groups excluding carboxylic acids is 1. The SMILES string of the molecule is C=C(C)C(=O)OC(CC)OCC[Si](O[Si](C)(C)C)O[Si](C)(C)C(C)O. The Hall–Kier alpha value is -0.299. The molecule has 0 rings (SSSR count). The average molecular weight is 408 g/mol. The summed E-state index contributed by atoms with van der Waals surface area (Å²) in [6.45, 7) is 19.5. The number of aliphatic hydroxyl groups excluding tert-OH is 1. The van der Waals surface area contributed by atoms with Crippen LogP contribution in [0.15, 0.2) is 12.2 Å². The molecule has 0 fully saturated rings. The van der Waals surface area contributed by atoms with Crippen LogP contribution in [0.25, 0.3) is 0 Å². The second-order valence-corrected chi connectivity index (χ2v) is 18.8. The van der Waals surface area contributed by atoms with E-state index in [1.165, 1.54) is 0 Å². The molecule has 147 valence electrons. The van der Waals surface area contributed by atoms with Crippen molar-refractivity contribution in [1.82, 2.24) is 0 Å². The van der Waals surface area contributed by atoms with Crippen molar-refractivity contribution in [2.75, 3.05) is 6.61 Å². The van der Waals surface area contributed by atoms with Crippen molar-refractivity contribution >= 4 is 31.9 Å². The molecule has 0 saturated heterocycles. The molecule has 2 atom stereocenters. The first-order valence-electron chi connectivity index (χ1n) is 8.68. The van der Waals surface area contributed by atoms with Gasteiger partial charge in [0, 0.05) is 18.0 Å². The number of carbonyl (C=O) groups is 1. The van der Waals surface area contributed by atoms with Gasteiger partial charge in [-0.1, -0.05) is 13.5 Å². The van der Waals surface area contributed by atoms with Crippen molar-refractivity contribution in [2.45, 2.75) is 78.0 Å². The molecule has 0 aliphatic carbocycles. The first-order valence-corrected chi connectivity index (χ1v) is 16.6. The number of aliphatic hydroxyl groups is 1. The average Bonchev–Trinajstić information content (AvgIpc) is 2.43. The van der Waals surface area contributed by atoms with Gasteiger partial charge in [-0.3, -0.25) is 0 Å². The molecule has 0 spiro atoms. The predicted octanol–water partition coefficient (Wildman–Crippen LogP) is 3.34. The smallest absolute Gasteiger partial charge is 0.365 e. The van der Waals surface area contributed by atoms with E-state index in [4.69, 9.17) is 17.7 Å². The van der Waals surface area contributed by atoms with Crippen LogP contribution in [0.2, 0.25) is 38.8 Å². The molecule has 1 radical (unpaired) electrons. The fourth-order valence-corrected chi connectivity index (χ4v) is 8.98. The van der Waals surface area contributed by atoms with Crippen molar-refractivity contribution in [1.29, 1.82) is 0 Å². The maximum Gasteiger partial charge on any atom is 0.365 e. The van der Waals surface area contributed by atoms with E-state index in [9.17, 15) is 9.90 Å². The molecular formula is C16H35O6Si3. The fourth-order valence-electron chi connectivity index (χ4n) is 1.57. The molecule has 25 heavy (non-hydrogen) atoms. The molecule has 0 aliphatic rings. The molecule has 0 aromatic rings. The molecule has 1 N–H and O–H groups in total. The highest BCUT2D eigenvalue weighted by Gasteiger charge is 2.36. The van der Waals surface area contributed by atoms with Crippen LogP contribution in [0.1, 0.15) is 27.2 Å². The summed E-state index contributed by atoms with van der Waals surface area (Å²) in [5.41, 5.74) is -0.125. The van der Waals surface area contributed by atoms with Crippen LogP contribution in [0.3, 0.4) is 0 Å². The summed E-state index contributed by atoms with van der Waals surface area (Å²) in [7, 11) is -5.57. The van der Waals surface area contributed by atoms with E-state index >= 15 is 0 Å². The number of rotatable bonds is 12. The van der Waals surface area contributed by atoms with Gasteiger partial charge in [0.1, 0.15) is 0 Å². The maximum absolute atomic E-state index is 11.6. The van der Waals surface area contributed by atoms with Gasteiger partial charge in [-0.25, -0.2) is 4.79 Å². The molecular weight excluding hydrogens is 372 g/mol. The monoisotopic (exact) mass is 407 g/mol. The summed E-state index contributed by atoms with van der Waals surface area (Å²) in [4.78, 5) is 11.6. The van der Waals surface area contributed by atoms with Crippen molar-refractivity contribution < 1.29 is 27.6 Å². The minimum Gasteiger partial charge on any atom is -0.436 e. The fraction of sp³-hybridized carbons (Fsp3) is 0.812. The zero-order valence-electron chi connectivity index (χ0n) is 17.0. The van der Waals surface area contributed by atoms with E-state index in [1.807, 2.05) is 20.0 Å². The summed E-state index contributed by atoms with van der Waals surface area (Å²) in [5, 5.41) is 9.94. The second-order valence-electron chi connectivity index (χ2n) is 7.61. The van der Waals surface area contributed by atoms with Crippen molar-refractivity contribution in [3.05, 3.63) is 12.2 Å². The lowest BCUT2D eigenvalue weighted by molar-refractivity contribution is -0.173. The minimum atomic E-state index is -2.22. The van der Waals surface area contributed by atoms with Crippen molar-refractivity contribution in [3.8, 4) is 0 Å². The quantitative estimate of drug-likeness (QED) is 0.231. The summed E-state index contributed by atoms with van der Waals surface area (Å²) < 4.78 is 23.3. The lowest BCUT2D eigenvalue weighted by Gasteiger charge is -2.33. The second kappa shape index (κ2) is 10.8. The standard InChI is InChI=1S/C16H35O6Si3/c1-10-15(20-16(18)13(2)3)19-11-12-23(21-24(5,6)7)22-25(8,9)14(4)17/h14-15,17H,2,10-12H2,1,3-9H3. The molecule has 6 nitrogen and oxygen atoms in total. The van der Waals surface area contributed by atoms with Gasteiger partial charge >= 0.3 is 15.3 Å². The Labute approximate surface area is 156 Å². The van der Waals surface area contributed by atoms with Crippen LogP contribution in [-0.4, -0.2) is 55.6 Å². The van der Waals surface area contributed by atoms with E-state index in [-0.39, 0.29) is 0 Å². The summed E-state index contributed by atoms with van der Waals surface area (Å²) >= 11 is 0. The Kier molecular flexibility index (Phi) is 10.6. The minimum absolute atomic E-state index is 0.349. The largest absolute Gasteiger partial charge is 0.436 e. The van der Waals surface area contributed by atoms with Gasteiger partial charge in [-0.2, -0.15) is 0 Å². The van der Waals surface area contributed by atoms with Crippen LogP contribution in [0.5, 0.6) is 0 Å². The van der Waals surface area contributed by atoms with Crippen LogP contribution < -0.4 is 0 Å². The van der Waals surface area contributed by atoms with Crippen LogP contribution in [0.4, 0.5) is 0 Å². The van der Waals surface area contributed by atoms with Crippen LogP contribution in [0, 0.1) is 0 Å². The van der Waals surface area contributed by atoms with E-state index < -0.39 is 43.9 Å². The molecule has 0 aromatic heterocycles. The summed E-state index contributed by atoms with van der Waals surface area (Å²) in [5.74, 6) is -0.449. The number of hydrogen-bond acceptors (Lipinski definition) is 6. The molecule has 0 amide bonds. The highest BCUT2D eigenvalue weighted by atomic mass is 28.4. The van der Waals surface area contributed by atoms with Gasteiger partial charge in [-0.05, 0) is 46.6 Å².